The van der Waals surface area contributed by atoms with Gasteiger partial charge in [-0.1, -0.05) is 13.0 Å². The van der Waals surface area contributed by atoms with E-state index in [9.17, 15) is 9.59 Å². The van der Waals surface area contributed by atoms with Crippen LogP contribution in [-0.2, 0) is 16.0 Å². The monoisotopic (exact) mass is 255 g/mol. The van der Waals surface area contributed by atoms with Gasteiger partial charge in [-0.15, -0.1) is 11.3 Å². The fourth-order valence-corrected chi connectivity index (χ4v) is 2.15. The molecule has 0 fully saturated rings. The van der Waals surface area contributed by atoms with Gasteiger partial charge in [-0.05, 0) is 23.8 Å². The Kier molecular flexibility index (Phi) is 5.69. The van der Waals surface area contributed by atoms with Crippen LogP contribution in [0.25, 0.3) is 0 Å². The van der Waals surface area contributed by atoms with Crippen molar-refractivity contribution >= 4 is 23.2 Å². The van der Waals surface area contributed by atoms with Crippen LogP contribution in [0.4, 0.5) is 0 Å². The Balaban J connectivity index is 2.15. The summed E-state index contributed by atoms with van der Waals surface area (Å²) in [5.41, 5.74) is 0. The van der Waals surface area contributed by atoms with Crippen LogP contribution in [0.1, 0.15) is 24.6 Å². The maximum Gasteiger partial charge on any atom is 0.303 e. The smallest absolute Gasteiger partial charge is 0.303 e. The van der Waals surface area contributed by atoms with Gasteiger partial charge in [0, 0.05) is 24.3 Å². The molecule has 0 radical (unpaired) electrons. The molecule has 1 rings (SSSR count). The average Bonchev–Trinajstić information content (AvgIpc) is 2.75. The second kappa shape index (κ2) is 7.06. The molecule has 0 bridgehead atoms. The number of hydrogen-bond donors (Lipinski definition) is 2. The first-order valence-corrected chi connectivity index (χ1v) is 6.46. The van der Waals surface area contributed by atoms with Gasteiger partial charge in [0.2, 0.25) is 5.91 Å². The van der Waals surface area contributed by atoms with Crippen molar-refractivity contribution in [1.82, 2.24) is 5.32 Å². The third-order valence-corrected chi connectivity index (χ3v) is 3.29. The van der Waals surface area contributed by atoms with Gasteiger partial charge in [-0.3, -0.25) is 9.59 Å². The molecule has 1 heterocycles. The predicted octanol–water partition coefficient (Wildman–Crippen LogP) is 1.91. The third-order valence-electron chi connectivity index (χ3n) is 2.35. The lowest BCUT2D eigenvalue weighted by molar-refractivity contribution is -0.138. The van der Waals surface area contributed by atoms with Crippen LogP contribution >= 0.6 is 11.3 Å². The van der Waals surface area contributed by atoms with Crippen molar-refractivity contribution in [1.29, 1.82) is 0 Å². The van der Waals surface area contributed by atoms with Crippen LogP contribution < -0.4 is 5.32 Å². The van der Waals surface area contributed by atoms with E-state index in [-0.39, 0.29) is 18.2 Å². The van der Waals surface area contributed by atoms with Gasteiger partial charge < -0.3 is 10.4 Å². The minimum absolute atomic E-state index is 0.0179. The summed E-state index contributed by atoms with van der Waals surface area (Å²) in [6.45, 7) is 2.24. The first-order chi connectivity index (χ1) is 8.08. The van der Waals surface area contributed by atoms with E-state index in [1.807, 2.05) is 24.4 Å². The van der Waals surface area contributed by atoms with Crippen molar-refractivity contribution in [3.8, 4) is 0 Å². The maximum atomic E-state index is 11.5. The zero-order valence-corrected chi connectivity index (χ0v) is 10.6. The number of amides is 1. The van der Waals surface area contributed by atoms with Crippen molar-refractivity contribution in [2.45, 2.75) is 26.2 Å². The molecule has 0 aliphatic heterocycles. The topological polar surface area (TPSA) is 66.4 Å². The molecule has 0 spiro atoms. The van der Waals surface area contributed by atoms with Crippen LogP contribution in [-0.4, -0.2) is 23.5 Å². The second-order valence-corrected chi connectivity index (χ2v) is 5.12. The lowest BCUT2D eigenvalue weighted by Gasteiger charge is -2.09. The number of rotatable bonds is 7. The van der Waals surface area contributed by atoms with E-state index >= 15 is 0 Å². The Morgan fingerprint density at radius 3 is 2.88 bits per heavy atom. The molecule has 5 heteroatoms. The van der Waals surface area contributed by atoms with Crippen molar-refractivity contribution in [2.75, 3.05) is 6.54 Å². The highest BCUT2D eigenvalue weighted by Crippen LogP contribution is 2.10. The molecule has 0 aliphatic carbocycles. The number of thiophene rings is 1. The van der Waals surface area contributed by atoms with E-state index in [1.165, 1.54) is 4.88 Å². The molecule has 1 atom stereocenters. The largest absolute Gasteiger partial charge is 0.481 e. The van der Waals surface area contributed by atoms with Gasteiger partial charge in [0.1, 0.15) is 0 Å². The molecule has 1 amide bonds. The minimum atomic E-state index is -0.828. The van der Waals surface area contributed by atoms with Gasteiger partial charge >= 0.3 is 5.97 Å². The number of aliphatic carboxylic acids is 1. The normalized spacial score (nSPS) is 12.1. The lowest BCUT2D eigenvalue weighted by atomic mass is 10.1. The summed E-state index contributed by atoms with van der Waals surface area (Å²) in [6, 6.07) is 3.97. The molecule has 1 aromatic rings. The molecule has 0 aliphatic rings. The van der Waals surface area contributed by atoms with E-state index in [0.29, 0.717) is 13.0 Å². The van der Waals surface area contributed by atoms with Crippen molar-refractivity contribution < 1.29 is 14.7 Å². The highest BCUT2D eigenvalue weighted by atomic mass is 32.1. The molecule has 1 aromatic heterocycles. The molecule has 94 valence electrons. The Bertz CT molecular complexity index is 362. The molecule has 0 saturated heterocycles. The number of carboxylic acid groups (broad SMARTS) is 1. The van der Waals surface area contributed by atoms with E-state index < -0.39 is 5.97 Å². The van der Waals surface area contributed by atoms with Crippen LogP contribution in [0.5, 0.6) is 0 Å². The average molecular weight is 255 g/mol. The molecular formula is C12H17NO3S. The summed E-state index contributed by atoms with van der Waals surface area (Å²) < 4.78 is 0. The Labute approximate surface area is 105 Å². The van der Waals surface area contributed by atoms with Gasteiger partial charge in [0.15, 0.2) is 0 Å². The van der Waals surface area contributed by atoms with E-state index in [0.717, 1.165) is 6.42 Å². The van der Waals surface area contributed by atoms with E-state index in [2.05, 4.69) is 5.32 Å². The molecule has 4 nitrogen and oxygen atoms in total. The van der Waals surface area contributed by atoms with Gasteiger partial charge in [0.25, 0.3) is 0 Å². The molecular weight excluding hydrogens is 238 g/mol. The first kappa shape index (κ1) is 13.7. The fourth-order valence-electron chi connectivity index (χ4n) is 1.44. The number of nitrogens with one attached hydrogen (secondary N) is 1. The number of aryl methyl sites for hydroxylation is 1. The standard InChI is InChI=1S/C12H17NO3S/c1-9(7-12(15)16)8-13-11(14)5-4-10-3-2-6-17-10/h2-3,6,9H,4-5,7-8H2,1H3,(H,13,14)(H,15,16). The summed E-state index contributed by atoms with van der Waals surface area (Å²) in [5, 5.41) is 13.3. The SMILES string of the molecule is CC(CNC(=O)CCc1cccs1)CC(=O)O. The molecule has 1 unspecified atom stereocenters. The zero-order chi connectivity index (χ0) is 12.7. The van der Waals surface area contributed by atoms with E-state index in [4.69, 9.17) is 5.11 Å². The number of carboxylic acids is 1. The number of hydrogen-bond acceptors (Lipinski definition) is 3. The van der Waals surface area contributed by atoms with Gasteiger partial charge in [0.05, 0.1) is 0 Å². The Hall–Kier alpha value is -1.36. The lowest BCUT2D eigenvalue weighted by Crippen LogP contribution is -2.29. The molecule has 0 saturated carbocycles. The second-order valence-electron chi connectivity index (χ2n) is 4.09. The Morgan fingerprint density at radius 2 is 2.29 bits per heavy atom. The fraction of sp³-hybridized carbons (Fsp3) is 0.500. The number of carbonyl (C=O) groups excluding carboxylic acids is 1. The van der Waals surface area contributed by atoms with Crippen molar-refractivity contribution in [3.05, 3.63) is 22.4 Å². The highest BCUT2D eigenvalue weighted by molar-refractivity contribution is 7.09. The van der Waals surface area contributed by atoms with Crippen LogP contribution in [0.2, 0.25) is 0 Å². The number of carbonyl (C=O) groups is 2. The summed E-state index contributed by atoms with van der Waals surface area (Å²) in [6.07, 6.45) is 1.29. The summed E-state index contributed by atoms with van der Waals surface area (Å²) >= 11 is 1.64. The highest BCUT2D eigenvalue weighted by Gasteiger charge is 2.09. The zero-order valence-electron chi connectivity index (χ0n) is 9.81. The Morgan fingerprint density at radius 1 is 1.53 bits per heavy atom. The van der Waals surface area contributed by atoms with Gasteiger partial charge in [-0.25, -0.2) is 0 Å². The summed E-state index contributed by atoms with van der Waals surface area (Å²) in [5.74, 6) is -0.876. The summed E-state index contributed by atoms with van der Waals surface area (Å²) in [7, 11) is 0. The van der Waals surface area contributed by atoms with Crippen LogP contribution in [0, 0.1) is 5.92 Å². The maximum absolute atomic E-state index is 11.5. The summed E-state index contributed by atoms with van der Waals surface area (Å²) in [4.78, 5) is 23.1. The van der Waals surface area contributed by atoms with Gasteiger partial charge in [-0.2, -0.15) is 0 Å². The van der Waals surface area contributed by atoms with Crippen molar-refractivity contribution in [3.63, 3.8) is 0 Å². The van der Waals surface area contributed by atoms with Crippen LogP contribution in [0.3, 0.4) is 0 Å². The van der Waals surface area contributed by atoms with Crippen molar-refractivity contribution in [2.24, 2.45) is 5.92 Å². The quantitative estimate of drug-likeness (QED) is 0.782. The molecule has 2 N–H and O–H groups in total. The molecule has 0 aromatic carbocycles. The van der Waals surface area contributed by atoms with Crippen LogP contribution in [0.15, 0.2) is 17.5 Å². The molecule has 17 heavy (non-hydrogen) atoms. The predicted molar refractivity (Wildman–Crippen MR) is 67.1 cm³/mol. The minimum Gasteiger partial charge on any atom is -0.481 e. The third kappa shape index (κ3) is 6.06. The van der Waals surface area contributed by atoms with E-state index in [1.54, 1.807) is 11.3 Å². The first-order valence-electron chi connectivity index (χ1n) is 5.59.